The molecule has 1 N–H and O–H groups in total. The van der Waals surface area contributed by atoms with Crippen LogP contribution in [0.5, 0.6) is 0 Å². The zero-order valence-electron chi connectivity index (χ0n) is 7.46. The molecule has 0 aliphatic carbocycles. The topological polar surface area (TPSA) is 20.2 Å². The Bertz CT molecular complexity index is 268. The van der Waals surface area contributed by atoms with Gasteiger partial charge in [-0.05, 0) is 18.4 Å². The van der Waals surface area contributed by atoms with Crippen molar-refractivity contribution in [2.75, 3.05) is 0 Å². The molecule has 14 heavy (non-hydrogen) atoms. The summed E-state index contributed by atoms with van der Waals surface area (Å²) in [5.74, 6) is 0. The molecule has 0 spiro atoms. The Morgan fingerprint density at radius 3 is 2.21 bits per heavy atom. The minimum atomic E-state index is -1.59. The van der Waals surface area contributed by atoms with Crippen molar-refractivity contribution < 1.29 is 5.11 Å². The van der Waals surface area contributed by atoms with Crippen LogP contribution in [0.25, 0.3) is 0 Å². The molecule has 1 aromatic carbocycles. The maximum atomic E-state index is 9.45. The van der Waals surface area contributed by atoms with E-state index in [1.807, 2.05) is 30.3 Å². The smallest absolute Gasteiger partial charge is 0.216 e. The van der Waals surface area contributed by atoms with Gasteiger partial charge in [0.25, 0.3) is 0 Å². The quantitative estimate of drug-likeness (QED) is 0.819. The van der Waals surface area contributed by atoms with Crippen molar-refractivity contribution in [2.24, 2.45) is 0 Å². The number of benzene rings is 1. The Kier molecular flexibility index (Phi) is 4.52. The summed E-state index contributed by atoms with van der Waals surface area (Å²) in [5, 5.41) is 9.45. The minimum Gasteiger partial charge on any atom is -0.389 e. The van der Waals surface area contributed by atoms with Crippen molar-refractivity contribution in [1.29, 1.82) is 0 Å². The van der Waals surface area contributed by atoms with Gasteiger partial charge in [-0.15, -0.1) is 0 Å². The Morgan fingerprint density at radius 2 is 1.71 bits per heavy atom. The molecular formula is C10H11Cl3O. The van der Waals surface area contributed by atoms with Crippen LogP contribution in [-0.4, -0.2) is 15.0 Å². The van der Waals surface area contributed by atoms with Crippen molar-refractivity contribution in [3.05, 3.63) is 35.9 Å². The molecule has 1 aromatic rings. The largest absolute Gasteiger partial charge is 0.389 e. The Hall–Kier alpha value is 0.0500. The first-order valence-electron chi connectivity index (χ1n) is 4.29. The third-order valence-corrected chi connectivity index (χ3v) is 2.68. The molecule has 0 aliphatic rings. The highest BCUT2D eigenvalue weighted by Crippen LogP contribution is 2.32. The fraction of sp³-hybridized carbons (Fsp3) is 0.400. The molecule has 4 heteroatoms. The number of hydrogen-bond acceptors (Lipinski definition) is 1. The predicted octanol–water partition coefficient (Wildman–Crippen LogP) is 3.35. The molecule has 78 valence electrons. The van der Waals surface area contributed by atoms with Gasteiger partial charge in [0, 0.05) is 0 Å². The second kappa shape index (κ2) is 5.22. The molecule has 0 saturated heterocycles. The second-order valence-corrected chi connectivity index (χ2v) is 5.45. The molecule has 1 rings (SSSR count). The Morgan fingerprint density at radius 1 is 1.14 bits per heavy atom. The van der Waals surface area contributed by atoms with E-state index in [0.717, 1.165) is 5.56 Å². The van der Waals surface area contributed by atoms with Crippen LogP contribution in [0.1, 0.15) is 12.0 Å². The molecule has 1 atom stereocenters. The standard InChI is InChI=1S/C10H11Cl3O/c11-10(12,13)9(14)7-6-8-4-2-1-3-5-8/h1-5,9,14H,6-7H2/t9-/m0/s1. The second-order valence-electron chi connectivity index (χ2n) is 3.08. The monoisotopic (exact) mass is 252 g/mol. The van der Waals surface area contributed by atoms with Gasteiger partial charge < -0.3 is 5.11 Å². The van der Waals surface area contributed by atoms with Crippen molar-refractivity contribution in [1.82, 2.24) is 0 Å². The molecule has 0 fully saturated rings. The Labute approximate surface area is 98.6 Å². The minimum absolute atomic E-state index is 0.445. The van der Waals surface area contributed by atoms with Crippen LogP contribution >= 0.6 is 34.8 Å². The number of hydrogen-bond donors (Lipinski definition) is 1. The van der Waals surface area contributed by atoms with Gasteiger partial charge in [0.15, 0.2) is 0 Å². The van der Waals surface area contributed by atoms with Crippen LogP contribution in [0.15, 0.2) is 30.3 Å². The molecule has 0 aliphatic heterocycles. The fourth-order valence-electron chi connectivity index (χ4n) is 1.11. The van der Waals surface area contributed by atoms with Gasteiger partial charge in [-0.25, -0.2) is 0 Å². The molecule has 0 heterocycles. The van der Waals surface area contributed by atoms with E-state index in [2.05, 4.69) is 0 Å². The first-order chi connectivity index (χ1) is 6.50. The van der Waals surface area contributed by atoms with Crippen LogP contribution in [0.2, 0.25) is 0 Å². The number of rotatable bonds is 3. The molecular weight excluding hydrogens is 242 g/mol. The van der Waals surface area contributed by atoms with Crippen LogP contribution in [-0.2, 0) is 6.42 Å². The van der Waals surface area contributed by atoms with E-state index in [1.165, 1.54) is 0 Å². The van der Waals surface area contributed by atoms with Gasteiger partial charge in [-0.1, -0.05) is 65.1 Å². The molecule has 0 radical (unpaired) electrons. The first-order valence-corrected chi connectivity index (χ1v) is 5.42. The summed E-state index contributed by atoms with van der Waals surface area (Å²) in [4.78, 5) is 0. The number of halogens is 3. The number of alkyl halides is 3. The maximum absolute atomic E-state index is 9.45. The van der Waals surface area contributed by atoms with Crippen molar-refractivity contribution in [3.8, 4) is 0 Å². The number of aliphatic hydroxyl groups excluding tert-OH is 1. The normalized spacial score (nSPS) is 14.0. The SMILES string of the molecule is O[C@@H](CCc1ccccc1)C(Cl)(Cl)Cl. The van der Waals surface area contributed by atoms with E-state index in [1.54, 1.807) is 0 Å². The average molecular weight is 254 g/mol. The van der Waals surface area contributed by atoms with Gasteiger partial charge >= 0.3 is 0 Å². The summed E-state index contributed by atoms with van der Waals surface area (Å²) in [6.07, 6.45) is 0.226. The third kappa shape index (κ3) is 4.05. The fourth-order valence-corrected chi connectivity index (χ4v) is 1.44. The summed E-state index contributed by atoms with van der Waals surface area (Å²) in [7, 11) is 0. The zero-order valence-corrected chi connectivity index (χ0v) is 9.73. The van der Waals surface area contributed by atoms with E-state index < -0.39 is 9.90 Å². The number of aliphatic hydroxyl groups is 1. The molecule has 1 nitrogen and oxygen atoms in total. The average Bonchev–Trinajstić information content (AvgIpc) is 2.14. The first kappa shape index (κ1) is 12.1. The molecule has 0 unspecified atom stereocenters. The maximum Gasteiger partial charge on any atom is 0.216 e. The van der Waals surface area contributed by atoms with Gasteiger partial charge in [-0.2, -0.15) is 0 Å². The van der Waals surface area contributed by atoms with Gasteiger partial charge in [0.2, 0.25) is 3.79 Å². The Balaban J connectivity index is 2.42. The summed E-state index contributed by atoms with van der Waals surface area (Å²) >= 11 is 16.6. The molecule has 0 bridgehead atoms. The van der Waals surface area contributed by atoms with E-state index in [4.69, 9.17) is 34.8 Å². The van der Waals surface area contributed by atoms with Gasteiger partial charge in [-0.3, -0.25) is 0 Å². The van der Waals surface area contributed by atoms with Crippen molar-refractivity contribution >= 4 is 34.8 Å². The summed E-state index contributed by atoms with van der Waals surface area (Å²) in [6.45, 7) is 0. The summed E-state index contributed by atoms with van der Waals surface area (Å²) in [5.41, 5.74) is 1.13. The highest BCUT2D eigenvalue weighted by molar-refractivity contribution is 6.68. The van der Waals surface area contributed by atoms with Crippen LogP contribution < -0.4 is 0 Å². The van der Waals surface area contributed by atoms with Crippen LogP contribution in [0.3, 0.4) is 0 Å². The van der Waals surface area contributed by atoms with E-state index >= 15 is 0 Å². The van der Waals surface area contributed by atoms with Crippen molar-refractivity contribution in [3.63, 3.8) is 0 Å². The van der Waals surface area contributed by atoms with E-state index in [0.29, 0.717) is 12.8 Å². The highest BCUT2D eigenvalue weighted by Gasteiger charge is 2.29. The van der Waals surface area contributed by atoms with E-state index in [9.17, 15) is 5.11 Å². The van der Waals surface area contributed by atoms with Crippen LogP contribution in [0, 0.1) is 0 Å². The predicted molar refractivity (Wildman–Crippen MR) is 61.1 cm³/mol. The lowest BCUT2D eigenvalue weighted by atomic mass is 10.1. The van der Waals surface area contributed by atoms with Gasteiger partial charge in [0.05, 0.1) is 0 Å². The van der Waals surface area contributed by atoms with Gasteiger partial charge in [0.1, 0.15) is 6.10 Å². The molecule has 0 saturated carbocycles. The lowest BCUT2D eigenvalue weighted by Gasteiger charge is -2.18. The number of aryl methyl sites for hydroxylation is 1. The highest BCUT2D eigenvalue weighted by atomic mass is 35.6. The third-order valence-electron chi connectivity index (χ3n) is 1.93. The molecule has 0 aromatic heterocycles. The summed E-state index contributed by atoms with van der Waals surface area (Å²) in [6, 6.07) is 9.78. The molecule has 0 amide bonds. The van der Waals surface area contributed by atoms with Crippen LogP contribution in [0.4, 0.5) is 0 Å². The lowest BCUT2D eigenvalue weighted by molar-refractivity contribution is 0.169. The van der Waals surface area contributed by atoms with Crippen molar-refractivity contribution in [2.45, 2.75) is 22.7 Å². The zero-order chi connectivity index (χ0) is 10.6. The van der Waals surface area contributed by atoms with E-state index in [-0.39, 0.29) is 0 Å². The lowest BCUT2D eigenvalue weighted by Crippen LogP contribution is -2.25. The summed E-state index contributed by atoms with van der Waals surface area (Å²) < 4.78 is -1.59.